The van der Waals surface area contributed by atoms with Gasteiger partial charge in [0, 0.05) is 11.7 Å². The first kappa shape index (κ1) is 15.6. The standard InChI is InChI=1S/C14H21ClN2O2S/c1-2-10-4-3-5-12(8-10)17-20(18,19)14-9-11(16)6-7-13(14)15/h6-7,9-10,12,17H,2-5,8,16H2,1H3. The predicted octanol–water partition coefficient (Wildman–Crippen LogP) is 3.17. The molecule has 0 aliphatic heterocycles. The normalized spacial score (nSPS) is 23.7. The zero-order valence-electron chi connectivity index (χ0n) is 11.6. The average molecular weight is 317 g/mol. The molecular weight excluding hydrogens is 296 g/mol. The van der Waals surface area contributed by atoms with E-state index in [0.717, 1.165) is 25.7 Å². The van der Waals surface area contributed by atoms with Crippen LogP contribution in [0.2, 0.25) is 5.02 Å². The van der Waals surface area contributed by atoms with Crippen molar-refractivity contribution in [2.45, 2.75) is 50.0 Å². The van der Waals surface area contributed by atoms with E-state index in [-0.39, 0.29) is 16.0 Å². The van der Waals surface area contributed by atoms with Gasteiger partial charge in [-0.05, 0) is 37.0 Å². The quantitative estimate of drug-likeness (QED) is 0.838. The van der Waals surface area contributed by atoms with Gasteiger partial charge >= 0.3 is 0 Å². The van der Waals surface area contributed by atoms with Crippen LogP contribution in [0.15, 0.2) is 23.1 Å². The minimum atomic E-state index is -3.61. The molecule has 0 bridgehead atoms. The van der Waals surface area contributed by atoms with E-state index in [1.54, 1.807) is 6.07 Å². The van der Waals surface area contributed by atoms with E-state index in [0.29, 0.717) is 11.6 Å². The Morgan fingerprint density at radius 3 is 2.85 bits per heavy atom. The lowest BCUT2D eigenvalue weighted by atomic mass is 9.85. The van der Waals surface area contributed by atoms with Gasteiger partial charge in [0.1, 0.15) is 4.90 Å². The lowest BCUT2D eigenvalue weighted by molar-refractivity contribution is 0.301. The maximum absolute atomic E-state index is 12.4. The Morgan fingerprint density at radius 2 is 2.15 bits per heavy atom. The van der Waals surface area contributed by atoms with Crippen LogP contribution >= 0.6 is 11.6 Å². The number of halogens is 1. The van der Waals surface area contributed by atoms with E-state index in [9.17, 15) is 8.42 Å². The maximum atomic E-state index is 12.4. The fraction of sp³-hybridized carbons (Fsp3) is 0.571. The smallest absolute Gasteiger partial charge is 0.242 e. The van der Waals surface area contributed by atoms with Crippen LogP contribution in [-0.4, -0.2) is 14.5 Å². The van der Waals surface area contributed by atoms with Crippen molar-refractivity contribution in [3.63, 3.8) is 0 Å². The van der Waals surface area contributed by atoms with Crippen molar-refractivity contribution in [3.8, 4) is 0 Å². The van der Waals surface area contributed by atoms with Crippen LogP contribution in [0.3, 0.4) is 0 Å². The van der Waals surface area contributed by atoms with E-state index < -0.39 is 10.0 Å². The molecule has 1 fully saturated rings. The summed E-state index contributed by atoms with van der Waals surface area (Å²) in [6.45, 7) is 2.15. The van der Waals surface area contributed by atoms with E-state index in [1.165, 1.54) is 18.6 Å². The molecule has 2 atom stereocenters. The van der Waals surface area contributed by atoms with Crippen molar-refractivity contribution in [2.75, 3.05) is 5.73 Å². The zero-order valence-corrected chi connectivity index (χ0v) is 13.2. The van der Waals surface area contributed by atoms with Gasteiger partial charge < -0.3 is 5.73 Å². The van der Waals surface area contributed by atoms with Crippen molar-refractivity contribution in [2.24, 2.45) is 5.92 Å². The Labute approximate surface area is 125 Å². The highest BCUT2D eigenvalue weighted by Gasteiger charge is 2.27. The van der Waals surface area contributed by atoms with Crippen molar-refractivity contribution >= 4 is 27.3 Å². The molecule has 2 unspecified atom stereocenters. The minimum Gasteiger partial charge on any atom is -0.399 e. The number of sulfonamides is 1. The van der Waals surface area contributed by atoms with Crippen LogP contribution in [0.5, 0.6) is 0 Å². The number of hydrogen-bond donors (Lipinski definition) is 2. The van der Waals surface area contributed by atoms with Crippen molar-refractivity contribution in [1.82, 2.24) is 4.72 Å². The summed E-state index contributed by atoms with van der Waals surface area (Å²) in [5.41, 5.74) is 6.04. The van der Waals surface area contributed by atoms with Gasteiger partial charge in [-0.15, -0.1) is 0 Å². The summed E-state index contributed by atoms with van der Waals surface area (Å²) in [5, 5.41) is 0.203. The van der Waals surface area contributed by atoms with Crippen molar-refractivity contribution in [3.05, 3.63) is 23.2 Å². The molecule has 6 heteroatoms. The highest BCUT2D eigenvalue weighted by molar-refractivity contribution is 7.89. The first-order chi connectivity index (χ1) is 9.42. The molecule has 0 aromatic heterocycles. The minimum absolute atomic E-state index is 0.00352. The molecule has 2 rings (SSSR count). The van der Waals surface area contributed by atoms with E-state index in [2.05, 4.69) is 11.6 Å². The molecule has 1 aliphatic rings. The van der Waals surface area contributed by atoms with Crippen LogP contribution in [0.4, 0.5) is 5.69 Å². The monoisotopic (exact) mass is 316 g/mol. The molecule has 112 valence electrons. The Morgan fingerprint density at radius 1 is 1.40 bits per heavy atom. The Balaban J connectivity index is 2.16. The third-order valence-electron chi connectivity index (χ3n) is 3.93. The third-order valence-corrected chi connectivity index (χ3v) is 5.93. The van der Waals surface area contributed by atoms with E-state index in [4.69, 9.17) is 17.3 Å². The number of nitrogen functional groups attached to an aromatic ring is 1. The summed E-state index contributed by atoms with van der Waals surface area (Å²) in [5.74, 6) is 0.604. The SMILES string of the molecule is CCC1CCCC(NS(=O)(=O)c2cc(N)ccc2Cl)C1. The number of rotatable bonds is 4. The molecule has 0 radical (unpaired) electrons. The van der Waals surface area contributed by atoms with Crippen molar-refractivity contribution in [1.29, 1.82) is 0 Å². The molecule has 1 aromatic rings. The van der Waals surface area contributed by atoms with Gasteiger partial charge in [0.05, 0.1) is 5.02 Å². The summed E-state index contributed by atoms with van der Waals surface area (Å²) >= 11 is 5.98. The fourth-order valence-electron chi connectivity index (χ4n) is 2.78. The topological polar surface area (TPSA) is 72.2 Å². The molecule has 0 amide bonds. The van der Waals surface area contributed by atoms with Gasteiger partial charge in [-0.2, -0.15) is 0 Å². The lowest BCUT2D eigenvalue weighted by Crippen LogP contribution is -2.38. The van der Waals surface area contributed by atoms with Crippen LogP contribution in [-0.2, 0) is 10.0 Å². The number of nitrogens with two attached hydrogens (primary N) is 1. The number of hydrogen-bond acceptors (Lipinski definition) is 3. The van der Waals surface area contributed by atoms with Gasteiger partial charge in [0.15, 0.2) is 0 Å². The largest absolute Gasteiger partial charge is 0.399 e. The fourth-order valence-corrected chi connectivity index (χ4v) is 4.60. The zero-order chi connectivity index (χ0) is 14.8. The molecular formula is C14H21ClN2O2S. The molecule has 0 spiro atoms. The second-order valence-corrected chi connectivity index (χ2v) is 7.54. The van der Waals surface area contributed by atoms with Gasteiger partial charge in [0.25, 0.3) is 0 Å². The first-order valence-corrected chi connectivity index (χ1v) is 8.86. The summed E-state index contributed by atoms with van der Waals surface area (Å²) in [6, 6.07) is 4.51. The Kier molecular flexibility index (Phi) is 4.94. The van der Waals surface area contributed by atoms with E-state index >= 15 is 0 Å². The van der Waals surface area contributed by atoms with Gasteiger partial charge in [-0.25, -0.2) is 13.1 Å². The number of benzene rings is 1. The van der Waals surface area contributed by atoms with Gasteiger partial charge in [-0.3, -0.25) is 0 Å². The second kappa shape index (κ2) is 6.33. The second-order valence-electron chi connectivity index (χ2n) is 5.45. The Bertz CT molecular complexity index is 575. The van der Waals surface area contributed by atoms with Gasteiger partial charge in [-0.1, -0.05) is 37.8 Å². The van der Waals surface area contributed by atoms with E-state index in [1.807, 2.05) is 0 Å². The molecule has 0 saturated heterocycles. The Hall–Kier alpha value is -0.780. The lowest BCUT2D eigenvalue weighted by Gasteiger charge is -2.29. The van der Waals surface area contributed by atoms with Crippen molar-refractivity contribution < 1.29 is 8.42 Å². The molecule has 1 aromatic carbocycles. The molecule has 20 heavy (non-hydrogen) atoms. The average Bonchev–Trinajstić information content (AvgIpc) is 2.41. The van der Waals surface area contributed by atoms with Crippen LogP contribution in [0.25, 0.3) is 0 Å². The summed E-state index contributed by atoms with van der Waals surface area (Å²) < 4.78 is 27.6. The third kappa shape index (κ3) is 3.65. The molecule has 0 heterocycles. The highest BCUT2D eigenvalue weighted by atomic mass is 35.5. The highest BCUT2D eigenvalue weighted by Crippen LogP contribution is 2.29. The predicted molar refractivity (Wildman–Crippen MR) is 82.2 cm³/mol. The molecule has 3 N–H and O–H groups in total. The van der Waals surface area contributed by atoms with Crippen LogP contribution < -0.4 is 10.5 Å². The number of nitrogens with one attached hydrogen (secondary N) is 1. The van der Waals surface area contributed by atoms with Crippen LogP contribution in [0.1, 0.15) is 39.0 Å². The summed E-state index contributed by atoms with van der Waals surface area (Å²) in [7, 11) is -3.61. The summed E-state index contributed by atoms with van der Waals surface area (Å²) in [6.07, 6.45) is 5.13. The molecule has 1 saturated carbocycles. The van der Waals surface area contributed by atoms with Crippen LogP contribution in [0, 0.1) is 5.92 Å². The number of anilines is 1. The molecule has 4 nitrogen and oxygen atoms in total. The first-order valence-electron chi connectivity index (χ1n) is 6.99. The van der Waals surface area contributed by atoms with Gasteiger partial charge in [0.2, 0.25) is 10.0 Å². The maximum Gasteiger partial charge on any atom is 0.242 e. The molecule has 1 aliphatic carbocycles. The summed E-state index contributed by atoms with van der Waals surface area (Å²) in [4.78, 5) is 0.0674.